The summed E-state index contributed by atoms with van der Waals surface area (Å²) < 4.78 is 26.7. The first-order valence-corrected chi connectivity index (χ1v) is 10.7. The first-order valence-electron chi connectivity index (χ1n) is 10.7. The highest BCUT2D eigenvalue weighted by atomic mass is 16.6. The van der Waals surface area contributed by atoms with E-state index in [2.05, 4.69) is 5.32 Å². The molecule has 1 amide bonds. The Morgan fingerprint density at radius 3 is 1.81 bits per heavy atom. The molecule has 0 bridgehead atoms. The van der Waals surface area contributed by atoms with E-state index in [1.54, 1.807) is 24.3 Å². The van der Waals surface area contributed by atoms with Gasteiger partial charge in [0.1, 0.15) is 11.9 Å². The second kappa shape index (κ2) is 16.3. The third kappa shape index (κ3) is 14.6. The van der Waals surface area contributed by atoms with Crippen molar-refractivity contribution in [2.24, 2.45) is 0 Å². The maximum atomic E-state index is 11.9. The van der Waals surface area contributed by atoms with Crippen LogP contribution in [0.4, 0.5) is 0 Å². The van der Waals surface area contributed by atoms with E-state index in [9.17, 15) is 14.4 Å². The molecular weight excluding hydrogens is 418 g/mol. The van der Waals surface area contributed by atoms with Crippen molar-refractivity contribution in [3.05, 3.63) is 35.4 Å². The Labute approximate surface area is 189 Å². The molecule has 9 nitrogen and oxygen atoms in total. The quantitative estimate of drug-likeness (QED) is 0.217. The Kier molecular flexibility index (Phi) is 14.1. The fraction of sp³-hybridized carbons (Fsp3) is 0.609. The Morgan fingerprint density at radius 2 is 1.31 bits per heavy atom. The first-order chi connectivity index (χ1) is 15.3. The lowest BCUT2D eigenvalue weighted by Crippen LogP contribution is -2.27. The van der Waals surface area contributed by atoms with Crippen molar-refractivity contribution < 1.29 is 38.1 Å². The number of benzene rings is 1. The normalized spacial score (nSPS) is 11.2. The van der Waals surface area contributed by atoms with E-state index >= 15 is 0 Å². The van der Waals surface area contributed by atoms with E-state index < -0.39 is 5.60 Å². The van der Waals surface area contributed by atoms with E-state index in [1.807, 2.05) is 20.8 Å². The van der Waals surface area contributed by atoms with Gasteiger partial charge in [0.2, 0.25) is 0 Å². The summed E-state index contributed by atoms with van der Waals surface area (Å²) in [6, 6.07) is 6.40. The molecule has 0 saturated carbocycles. The van der Waals surface area contributed by atoms with Gasteiger partial charge in [0.05, 0.1) is 59.3 Å². The van der Waals surface area contributed by atoms with Crippen LogP contribution in [0.1, 0.15) is 47.9 Å². The molecule has 0 fully saturated rings. The van der Waals surface area contributed by atoms with Gasteiger partial charge in [-0.2, -0.15) is 0 Å². The third-order valence-electron chi connectivity index (χ3n) is 3.83. The maximum absolute atomic E-state index is 11.9. The van der Waals surface area contributed by atoms with Gasteiger partial charge in [-0.05, 0) is 32.9 Å². The lowest BCUT2D eigenvalue weighted by molar-refractivity contribution is -0.156. The van der Waals surface area contributed by atoms with Crippen LogP contribution in [0.2, 0.25) is 0 Å². The Morgan fingerprint density at radius 1 is 0.812 bits per heavy atom. The first kappa shape index (κ1) is 27.7. The molecule has 0 saturated heterocycles. The highest BCUT2D eigenvalue weighted by Gasteiger charge is 2.15. The number of nitrogens with one attached hydrogen (secondary N) is 1. The van der Waals surface area contributed by atoms with Gasteiger partial charge in [0.25, 0.3) is 5.91 Å². The zero-order valence-corrected chi connectivity index (χ0v) is 19.2. The zero-order chi connectivity index (χ0) is 23.7. The molecule has 9 heteroatoms. The van der Waals surface area contributed by atoms with Gasteiger partial charge in [-0.15, -0.1) is 0 Å². The molecule has 0 radical (unpaired) electrons. The Bertz CT molecular complexity index is 670. The summed E-state index contributed by atoms with van der Waals surface area (Å²) in [6.07, 6.45) is 0.952. The van der Waals surface area contributed by atoms with E-state index in [0.29, 0.717) is 70.5 Å². The SMILES string of the molecule is CC(C)(C)OC(=O)CCOCCOCCOCCOCCNC(=O)c1ccc(C=O)cc1. The van der Waals surface area contributed by atoms with Gasteiger partial charge in [-0.3, -0.25) is 14.4 Å². The topological polar surface area (TPSA) is 109 Å². The Balaban J connectivity index is 1.84. The van der Waals surface area contributed by atoms with Gasteiger partial charge in [0.15, 0.2) is 0 Å². The summed E-state index contributed by atoms with van der Waals surface area (Å²) in [4.78, 5) is 34.0. The van der Waals surface area contributed by atoms with E-state index in [1.165, 1.54) is 0 Å². The molecule has 0 heterocycles. The van der Waals surface area contributed by atoms with Gasteiger partial charge in [-0.25, -0.2) is 0 Å². The number of carbonyl (C=O) groups excluding carboxylic acids is 3. The summed E-state index contributed by atoms with van der Waals surface area (Å²) in [5.74, 6) is -0.491. The van der Waals surface area contributed by atoms with Gasteiger partial charge in [-0.1, -0.05) is 12.1 Å². The minimum Gasteiger partial charge on any atom is -0.460 e. The van der Waals surface area contributed by atoms with Crippen molar-refractivity contribution in [3.8, 4) is 0 Å². The number of esters is 1. The van der Waals surface area contributed by atoms with E-state index in [-0.39, 0.29) is 18.3 Å². The van der Waals surface area contributed by atoms with Gasteiger partial charge in [0, 0.05) is 17.7 Å². The summed E-state index contributed by atoms with van der Waals surface area (Å²) >= 11 is 0. The monoisotopic (exact) mass is 453 g/mol. The molecule has 1 aromatic carbocycles. The number of amides is 1. The van der Waals surface area contributed by atoms with Crippen molar-refractivity contribution in [1.29, 1.82) is 0 Å². The van der Waals surface area contributed by atoms with Crippen LogP contribution in [-0.4, -0.2) is 83.2 Å². The highest BCUT2D eigenvalue weighted by Crippen LogP contribution is 2.08. The predicted molar refractivity (Wildman–Crippen MR) is 118 cm³/mol. The van der Waals surface area contributed by atoms with Crippen LogP contribution in [0, 0.1) is 0 Å². The largest absolute Gasteiger partial charge is 0.460 e. The van der Waals surface area contributed by atoms with E-state index in [0.717, 1.165) is 6.29 Å². The summed E-state index contributed by atoms with van der Waals surface area (Å²) in [5.41, 5.74) is 0.541. The predicted octanol–water partition coefficient (Wildman–Crippen LogP) is 2.03. The highest BCUT2D eigenvalue weighted by molar-refractivity contribution is 5.94. The third-order valence-corrected chi connectivity index (χ3v) is 3.83. The van der Waals surface area contributed by atoms with Crippen molar-refractivity contribution in [3.63, 3.8) is 0 Å². The van der Waals surface area contributed by atoms with Crippen molar-refractivity contribution in [2.75, 3.05) is 59.4 Å². The average Bonchev–Trinajstić information content (AvgIpc) is 2.75. The minimum absolute atomic E-state index is 0.215. The molecular formula is C23H35NO8. The number of ether oxygens (including phenoxy) is 5. The number of aldehydes is 1. The van der Waals surface area contributed by atoms with Crippen LogP contribution in [0.25, 0.3) is 0 Å². The molecule has 0 aliphatic rings. The molecule has 180 valence electrons. The number of carbonyl (C=O) groups is 3. The second-order valence-electron chi connectivity index (χ2n) is 7.78. The molecule has 0 aliphatic carbocycles. The molecule has 1 N–H and O–H groups in total. The lowest BCUT2D eigenvalue weighted by atomic mass is 10.1. The van der Waals surface area contributed by atoms with Crippen LogP contribution in [0.3, 0.4) is 0 Å². The summed E-state index contributed by atoms with van der Waals surface area (Å²) in [7, 11) is 0. The molecule has 32 heavy (non-hydrogen) atoms. The second-order valence-corrected chi connectivity index (χ2v) is 7.78. The van der Waals surface area contributed by atoms with Crippen molar-refractivity contribution in [2.45, 2.75) is 32.8 Å². The zero-order valence-electron chi connectivity index (χ0n) is 19.2. The standard InChI is InChI=1S/C23H35NO8/c1-23(2,3)32-21(26)8-10-28-12-14-30-16-17-31-15-13-29-11-9-24-22(27)20-6-4-19(18-25)5-7-20/h4-7,18H,8-17H2,1-3H3,(H,24,27). The van der Waals surface area contributed by atoms with Crippen LogP contribution < -0.4 is 5.32 Å². The fourth-order valence-corrected chi connectivity index (χ4v) is 2.36. The molecule has 0 unspecified atom stereocenters. The Hall–Kier alpha value is -2.33. The van der Waals surface area contributed by atoms with Crippen LogP contribution in [-0.2, 0) is 28.5 Å². The van der Waals surface area contributed by atoms with E-state index in [4.69, 9.17) is 23.7 Å². The van der Waals surface area contributed by atoms with Gasteiger partial charge < -0.3 is 29.0 Å². The van der Waals surface area contributed by atoms with Crippen molar-refractivity contribution >= 4 is 18.2 Å². The average molecular weight is 454 g/mol. The molecule has 0 atom stereocenters. The molecule has 1 aromatic rings. The molecule has 0 aromatic heterocycles. The van der Waals surface area contributed by atoms with Crippen molar-refractivity contribution in [1.82, 2.24) is 5.32 Å². The summed E-state index contributed by atoms with van der Waals surface area (Å²) in [6.45, 7) is 9.08. The number of hydrogen-bond acceptors (Lipinski definition) is 8. The lowest BCUT2D eigenvalue weighted by Gasteiger charge is -2.19. The fourth-order valence-electron chi connectivity index (χ4n) is 2.36. The van der Waals surface area contributed by atoms with Crippen LogP contribution in [0.5, 0.6) is 0 Å². The smallest absolute Gasteiger partial charge is 0.308 e. The molecule has 0 spiro atoms. The number of hydrogen-bond donors (Lipinski definition) is 1. The summed E-state index contributed by atoms with van der Waals surface area (Å²) in [5, 5.41) is 2.74. The maximum Gasteiger partial charge on any atom is 0.308 e. The van der Waals surface area contributed by atoms with Crippen LogP contribution >= 0.6 is 0 Å². The number of rotatable bonds is 17. The minimum atomic E-state index is -0.479. The van der Waals surface area contributed by atoms with Gasteiger partial charge >= 0.3 is 5.97 Å². The molecule has 0 aliphatic heterocycles. The van der Waals surface area contributed by atoms with Crippen LogP contribution in [0.15, 0.2) is 24.3 Å². The molecule has 1 rings (SSSR count).